The molecule has 1 aromatic carbocycles. The highest BCUT2D eigenvalue weighted by Gasteiger charge is 2.38. The molecular weight excluding hydrogens is 372 g/mol. The van der Waals surface area contributed by atoms with Crippen molar-refractivity contribution in [1.29, 1.82) is 0 Å². The summed E-state index contributed by atoms with van der Waals surface area (Å²) in [5.41, 5.74) is 0.758. The Morgan fingerprint density at radius 1 is 1.24 bits per heavy atom. The lowest BCUT2D eigenvalue weighted by atomic mass is 10.0. The average molecular weight is 396 g/mol. The molecule has 2 unspecified atom stereocenters. The number of piperidine rings is 1. The summed E-state index contributed by atoms with van der Waals surface area (Å²) in [7, 11) is 1.59. The zero-order valence-corrected chi connectivity index (χ0v) is 16.4. The van der Waals surface area contributed by atoms with Crippen LogP contribution in [-0.2, 0) is 9.59 Å². The van der Waals surface area contributed by atoms with Crippen molar-refractivity contribution in [3.8, 4) is 11.6 Å². The van der Waals surface area contributed by atoms with E-state index < -0.39 is 0 Å². The van der Waals surface area contributed by atoms with Crippen LogP contribution in [0.15, 0.2) is 42.9 Å². The van der Waals surface area contributed by atoms with Gasteiger partial charge in [0, 0.05) is 43.5 Å². The van der Waals surface area contributed by atoms with Gasteiger partial charge < -0.3 is 19.3 Å². The van der Waals surface area contributed by atoms with Crippen molar-refractivity contribution in [2.75, 3.05) is 31.6 Å². The monoisotopic (exact) mass is 396 g/mol. The predicted molar refractivity (Wildman–Crippen MR) is 106 cm³/mol. The van der Waals surface area contributed by atoms with Crippen molar-refractivity contribution in [3.63, 3.8) is 0 Å². The van der Waals surface area contributed by atoms with E-state index in [4.69, 9.17) is 9.47 Å². The molecule has 4 rings (SSSR count). The molecular formula is C21H24N4O4. The Labute approximate surface area is 169 Å². The van der Waals surface area contributed by atoms with E-state index in [1.54, 1.807) is 24.3 Å². The molecule has 0 radical (unpaired) electrons. The molecule has 2 aliphatic rings. The van der Waals surface area contributed by atoms with Crippen LogP contribution in [0, 0.1) is 5.92 Å². The lowest BCUT2D eigenvalue weighted by Crippen LogP contribution is -2.47. The van der Waals surface area contributed by atoms with Crippen LogP contribution in [0.25, 0.3) is 0 Å². The first kappa shape index (κ1) is 19.2. The number of anilines is 1. The van der Waals surface area contributed by atoms with Crippen molar-refractivity contribution in [2.45, 2.75) is 25.4 Å². The van der Waals surface area contributed by atoms with Gasteiger partial charge in [-0.3, -0.25) is 9.59 Å². The molecule has 2 saturated heterocycles. The molecule has 2 aliphatic heterocycles. The Morgan fingerprint density at radius 2 is 2.14 bits per heavy atom. The van der Waals surface area contributed by atoms with Gasteiger partial charge in [0.15, 0.2) is 0 Å². The quantitative estimate of drug-likeness (QED) is 0.768. The van der Waals surface area contributed by atoms with Gasteiger partial charge in [-0.25, -0.2) is 9.97 Å². The van der Waals surface area contributed by atoms with Crippen LogP contribution >= 0.6 is 0 Å². The van der Waals surface area contributed by atoms with Crippen LogP contribution in [0.4, 0.5) is 5.69 Å². The van der Waals surface area contributed by atoms with Crippen LogP contribution in [-0.4, -0.2) is 59.5 Å². The number of ether oxygens (including phenoxy) is 2. The zero-order chi connectivity index (χ0) is 20.2. The molecule has 8 nitrogen and oxygen atoms in total. The highest BCUT2D eigenvalue weighted by atomic mass is 16.5. The number of nitrogens with zero attached hydrogens (tertiary/aromatic N) is 4. The van der Waals surface area contributed by atoms with Crippen molar-refractivity contribution in [2.24, 2.45) is 5.92 Å². The van der Waals surface area contributed by atoms with E-state index in [0.29, 0.717) is 31.3 Å². The summed E-state index contributed by atoms with van der Waals surface area (Å²) >= 11 is 0. The van der Waals surface area contributed by atoms with Gasteiger partial charge >= 0.3 is 0 Å². The van der Waals surface area contributed by atoms with E-state index in [1.165, 1.54) is 6.33 Å². The summed E-state index contributed by atoms with van der Waals surface area (Å²) in [6.45, 7) is 1.58. The van der Waals surface area contributed by atoms with Gasteiger partial charge in [0.1, 0.15) is 18.2 Å². The first-order chi connectivity index (χ1) is 14.1. The topological polar surface area (TPSA) is 84.9 Å². The molecule has 2 fully saturated rings. The Balaban J connectivity index is 1.39. The SMILES string of the molecule is COc1cccc(N2CC(C(=O)N3CCCC(Oc4ccncn4)C3)CC2=O)c1. The number of likely N-dealkylation sites (tertiary alicyclic amines) is 1. The Bertz CT molecular complexity index is 876. The van der Waals surface area contributed by atoms with Crippen LogP contribution in [0.3, 0.4) is 0 Å². The number of carbonyl (C=O) groups is 2. The second-order valence-electron chi connectivity index (χ2n) is 7.32. The molecule has 2 amide bonds. The molecule has 152 valence electrons. The van der Waals surface area contributed by atoms with Gasteiger partial charge in [0.2, 0.25) is 17.7 Å². The average Bonchev–Trinajstić information content (AvgIpc) is 3.16. The number of benzene rings is 1. The molecule has 8 heteroatoms. The van der Waals surface area contributed by atoms with Gasteiger partial charge in [0.25, 0.3) is 0 Å². The highest BCUT2D eigenvalue weighted by Crippen LogP contribution is 2.29. The summed E-state index contributed by atoms with van der Waals surface area (Å²) in [6, 6.07) is 9.06. The highest BCUT2D eigenvalue weighted by molar-refractivity contribution is 6.00. The van der Waals surface area contributed by atoms with E-state index in [1.807, 2.05) is 29.2 Å². The molecule has 0 spiro atoms. The maximum Gasteiger partial charge on any atom is 0.228 e. The van der Waals surface area contributed by atoms with E-state index in [2.05, 4.69) is 9.97 Å². The van der Waals surface area contributed by atoms with E-state index in [9.17, 15) is 9.59 Å². The van der Waals surface area contributed by atoms with E-state index >= 15 is 0 Å². The minimum Gasteiger partial charge on any atom is -0.497 e. The predicted octanol–water partition coefficient (Wildman–Crippen LogP) is 1.91. The van der Waals surface area contributed by atoms with Gasteiger partial charge in [-0.15, -0.1) is 0 Å². The smallest absolute Gasteiger partial charge is 0.228 e. The third kappa shape index (κ3) is 4.31. The van der Waals surface area contributed by atoms with Crippen molar-refractivity contribution < 1.29 is 19.1 Å². The van der Waals surface area contributed by atoms with Gasteiger partial charge in [-0.05, 0) is 25.0 Å². The number of methoxy groups -OCH3 is 1. The molecule has 0 bridgehead atoms. The Kier molecular flexibility index (Phi) is 5.59. The van der Waals surface area contributed by atoms with E-state index in [-0.39, 0.29) is 30.3 Å². The molecule has 3 heterocycles. The molecule has 2 aromatic rings. The summed E-state index contributed by atoms with van der Waals surface area (Å²) < 4.78 is 11.1. The van der Waals surface area contributed by atoms with Gasteiger partial charge in [-0.2, -0.15) is 0 Å². The van der Waals surface area contributed by atoms with Crippen LogP contribution in [0.2, 0.25) is 0 Å². The summed E-state index contributed by atoms with van der Waals surface area (Å²) in [6.07, 6.45) is 4.93. The molecule has 2 atom stereocenters. The van der Waals surface area contributed by atoms with Crippen LogP contribution < -0.4 is 14.4 Å². The fourth-order valence-corrected chi connectivity index (χ4v) is 3.91. The van der Waals surface area contributed by atoms with Crippen molar-refractivity contribution >= 4 is 17.5 Å². The lowest BCUT2D eigenvalue weighted by molar-refractivity contribution is -0.138. The molecule has 29 heavy (non-hydrogen) atoms. The normalized spacial score (nSPS) is 21.9. The summed E-state index contributed by atoms with van der Waals surface area (Å²) in [5.74, 6) is 0.832. The first-order valence-corrected chi connectivity index (χ1v) is 9.80. The standard InChI is InChI=1S/C21H24N4O4/c1-28-17-5-2-4-16(11-17)25-12-15(10-20(25)26)21(27)24-9-3-6-18(13-24)29-19-7-8-22-14-23-19/h2,4-5,7-8,11,14-15,18H,3,6,9-10,12-13H2,1H3. The minimum absolute atomic E-state index is 0.0136. The van der Waals surface area contributed by atoms with Gasteiger partial charge in [0.05, 0.1) is 19.6 Å². The lowest BCUT2D eigenvalue weighted by Gasteiger charge is -2.34. The summed E-state index contributed by atoms with van der Waals surface area (Å²) in [4.78, 5) is 37.1. The second kappa shape index (κ2) is 8.46. The number of rotatable bonds is 5. The number of carbonyl (C=O) groups excluding carboxylic acids is 2. The summed E-state index contributed by atoms with van der Waals surface area (Å²) in [5, 5.41) is 0. The van der Waals surface area contributed by atoms with Crippen molar-refractivity contribution in [3.05, 3.63) is 42.9 Å². The maximum absolute atomic E-state index is 13.1. The minimum atomic E-state index is -0.341. The third-order valence-corrected chi connectivity index (χ3v) is 5.37. The zero-order valence-electron chi connectivity index (χ0n) is 16.4. The largest absolute Gasteiger partial charge is 0.497 e. The number of hydrogen-bond donors (Lipinski definition) is 0. The van der Waals surface area contributed by atoms with Gasteiger partial charge in [-0.1, -0.05) is 6.07 Å². The molecule has 0 aliphatic carbocycles. The maximum atomic E-state index is 13.1. The molecule has 0 saturated carbocycles. The number of aromatic nitrogens is 2. The fourth-order valence-electron chi connectivity index (χ4n) is 3.91. The van der Waals surface area contributed by atoms with E-state index in [0.717, 1.165) is 18.5 Å². The van der Waals surface area contributed by atoms with Crippen LogP contribution in [0.5, 0.6) is 11.6 Å². The Morgan fingerprint density at radius 3 is 2.93 bits per heavy atom. The fraction of sp³-hybridized carbons (Fsp3) is 0.429. The number of hydrogen-bond acceptors (Lipinski definition) is 6. The van der Waals surface area contributed by atoms with Crippen molar-refractivity contribution in [1.82, 2.24) is 14.9 Å². The second-order valence-corrected chi connectivity index (χ2v) is 7.32. The molecule has 1 aromatic heterocycles. The van der Waals surface area contributed by atoms with Crippen LogP contribution in [0.1, 0.15) is 19.3 Å². The number of amides is 2. The third-order valence-electron chi connectivity index (χ3n) is 5.37. The Hall–Kier alpha value is -3.16. The first-order valence-electron chi connectivity index (χ1n) is 9.80. The molecule has 0 N–H and O–H groups in total.